The predicted molar refractivity (Wildman–Crippen MR) is 105 cm³/mol. The Hall–Kier alpha value is -3.48. The van der Waals surface area contributed by atoms with Crippen molar-refractivity contribution in [3.8, 4) is 0 Å². The molecule has 1 saturated heterocycles. The fourth-order valence-corrected chi connectivity index (χ4v) is 4.08. The first-order valence-corrected chi connectivity index (χ1v) is 9.64. The van der Waals surface area contributed by atoms with E-state index in [1.165, 1.54) is 0 Å². The van der Waals surface area contributed by atoms with Gasteiger partial charge in [0.05, 0.1) is 11.1 Å². The molecule has 1 atom stereocenters. The van der Waals surface area contributed by atoms with Crippen LogP contribution in [0.3, 0.4) is 0 Å². The molecular formula is C22H21N3O4. The van der Waals surface area contributed by atoms with Gasteiger partial charge in [0.25, 0.3) is 17.7 Å². The van der Waals surface area contributed by atoms with E-state index in [-0.39, 0.29) is 19.0 Å². The molecule has 0 aliphatic carbocycles. The third-order valence-electron chi connectivity index (χ3n) is 5.49. The van der Waals surface area contributed by atoms with Crippen LogP contribution < -0.4 is 5.32 Å². The van der Waals surface area contributed by atoms with Crippen molar-refractivity contribution in [1.82, 2.24) is 15.1 Å². The van der Waals surface area contributed by atoms with Crippen LogP contribution in [-0.2, 0) is 10.3 Å². The smallest absolute Gasteiger partial charge is 0.319 e. The topological polar surface area (TPSA) is 86.8 Å². The Morgan fingerprint density at radius 1 is 0.793 bits per heavy atom. The van der Waals surface area contributed by atoms with E-state index >= 15 is 0 Å². The SMILES string of the molecule is CCC[C@@]1(c2ccccc2)NC(=O)N(CCN2C(=O)c3ccccc3C2=O)C1=O. The van der Waals surface area contributed by atoms with E-state index in [9.17, 15) is 19.2 Å². The molecule has 1 N–H and O–H groups in total. The number of carbonyl (C=O) groups excluding carboxylic acids is 4. The van der Waals surface area contributed by atoms with Crippen molar-refractivity contribution < 1.29 is 19.2 Å². The van der Waals surface area contributed by atoms with Crippen LogP contribution in [0.15, 0.2) is 54.6 Å². The van der Waals surface area contributed by atoms with E-state index in [1.54, 1.807) is 24.3 Å². The number of amides is 5. The monoisotopic (exact) mass is 391 g/mol. The van der Waals surface area contributed by atoms with Gasteiger partial charge in [0, 0.05) is 13.1 Å². The summed E-state index contributed by atoms with van der Waals surface area (Å²) in [6.07, 6.45) is 1.16. The summed E-state index contributed by atoms with van der Waals surface area (Å²) >= 11 is 0. The molecule has 7 heteroatoms. The molecule has 2 heterocycles. The Kier molecular flexibility index (Phi) is 4.66. The minimum Gasteiger partial charge on any atom is -0.319 e. The molecule has 29 heavy (non-hydrogen) atoms. The number of fused-ring (bicyclic) bond motifs is 1. The summed E-state index contributed by atoms with van der Waals surface area (Å²) in [4.78, 5) is 53.2. The van der Waals surface area contributed by atoms with Crippen LogP contribution in [0.2, 0.25) is 0 Å². The summed E-state index contributed by atoms with van der Waals surface area (Å²) in [5.74, 6) is -1.16. The second kappa shape index (κ2) is 7.16. The van der Waals surface area contributed by atoms with Crippen LogP contribution in [0, 0.1) is 0 Å². The Labute approximate surface area is 168 Å². The molecular weight excluding hydrogens is 370 g/mol. The molecule has 148 valence electrons. The molecule has 0 spiro atoms. The highest BCUT2D eigenvalue weighted by Gasteiger charge is 2.51. The van der Waals surface area contributed by atoms with E-state index in [2.05, 4.69) is 5.32 Å². The van der Waals surface area contributed by atoms with Gasteiger partial charge in [0.1, 0.15) is 5.54 Å². The maximum Gasteiger partial charge on any atom is 0.325 e. The Balaban J connectivity index is 1.55. The van der Waals surface area contributed by atoms with E-state index in [0.29, 0.717) is 24.0 Å². The molecule has 2 aromatic carbocycles. The zero-order chi connectivity index (χ0) is 20.6. The molecule has 4 rings (SSSR count). The molecule has 0 saturated carbocycles. The summed E-state index contributed by atoms with van der Waals surface area (Å²) in [7, 11) is 0. The fraction of sp³-hybridized carbons (Fsp3) is 0.273. The predicted octanol–water partition coefficient (Wildman–Crippen LogP) is 2.53. The highest BCUT2D eigenvalue weighted by Crippen LogP contribution is 2.33. The lowest BCUT2D eigenvalue weighted by Gasteiger charge is -2.27. The van der Waals surface area contributed by atoms with Gasteiger partial charge in [0.15, 0.2) is 0 Å². The third kappa shape index (κ3) is 2.90. The number of benzene rings is 2. The summed E-state index contributed by atoms with van der Waals surface area (Å²) in [6, 6.07) is 15.2. The average molecular weight is 391 g/mol. The molecule has 2 aromatic rings. The van der Waals surface area contributed by atoms with Gasteiger partial charge >= 0.3 is 6.03 Å². The first-order chi connectivity index (χ1) is 14.0. The Morgan fingerprint density at radius 2 is 1.34 bits per heavy atom. The van der Waals surface area contributed by atoms with Crippen LogP contribution in [0.25, 0.3) is 0 Å². The van der Waals surface area contributed by atoms with Crippen molar-refractivity contribution in [3.63, 3.8) is 0 Å². The van der Waals surface area contributed by atoms with Crippen molar-refractivity contribution in [3.05, 3.63) is 71.3 Å². The molecule has 7 nitrogen and oxygen atoms in total. The quantitative estimate of drug-likeness (QED) is 0.606. The zero-order valence-electron chi connectivity index (χ0n) is 16.1. The van der Waals surface area contributed by atoms with Crippen LogP contribution in [-0.4, -0.2) is 46.6 Å². The molecule has 0 aromatic heterocycles. The third-order valence-corrected chi connectivity index (χ3v) is 5.49. The van der Waals surface area contributed by atoms with E-state index in [0.717, 1.165) is 15.4 Å². The molecule has 2 aliphatic rings. The summed E-state index contributed by atoms with van der Waals surface area (Å²) in [5, 5.41) is 2.85. The zero-order valence-corrected chi connectivity index (χ0v) is 16.1. The van der Waals surface area contributed by atoms with Crippen LogP contribution in [0.4, 0.5) is 4.79 Å². The van der Waals surface area contributed by atoms with E-state index in [1.807, 2.05) is 37.3 Å². The van der Waals surface area contributed by atoms with Gasteiger partial charge in [0.2, 0.25) is 0 Å². The van der Waals surface area contributed by atoms with Gasteiger partial charge < -0.3 is 5.32 Å². The van der Waals surface area contributed by atoms with Crippen LogP contribution in [0.1, 0.15) is 46.0 Å². The van der Waals surface area contributed by atoms with E-state index in [4.69, 9.17) is 0 Å². The number of urea groups is 1. The van der Waals surface area contributed by atoms with Crippen LogP contribution in [0.5, 0.6) is 0 Å². The lowest BCUT2D eigenvalue weighted by molar-refractivity contribution is -0.132. The van der Waals surface area contributed by atoms with Crippen LogP contribution >= 0.6 is 0 Å². The largest absolute Gasteiger partial charge is 0.325 e. The van der Waals surface area contributed by atoms with E-state index < -0.39 is 23.4 Å². The number of carbonyl (C=O) groups is 4. The van der Waals surface area contributed by atoms with Gasteiger partial charge in [-0.15, -0.1) is 0 Å². The lowest BCUT2D eigenvalue weighted by Crippen LogP contribution is -2.45. The standard InChI is InChI=1S/C22H21N3O4/c1-2-12-22(15-8-4-3-5-9-15)20(28)25(21(29)23-22)14-13-24-18(26)16-10-6-7-11-17(16)19(24)27/h3-11H,2,12-14H2,1H3,(H,23,29)/t22-/m0/s1. The Bertz CT molecular complexity index is 969. The first-order valence-electron chi connectivity index (χ1n) is 9.64. The van der Waals surface area contributed by atoms with Crippen molar-refractivity contribution in [2.24, 2.45) is 0 Å². The van der Waals surface area contributed by atoms with Gasteiger partial charge in [-0.2, -0.15) is 0 Å². The molecule has 2 aliphatic heterocycles. The van der Waals surface area contributed by atoms with Crippen molar-refractivity contribution in [1.29, 1.82) is 0 Å². The maximum atomic E-state index is 13.3. The number of hydrogen-bond acceptors (Lipinski definition) is 4. The minimum absolute atomic E-state index is 0.0392. The Morgan fingerprint density at radius 3 is 1.93 bits per heavy atom. The summed E-state index contributed by atoms with van der Waals surface area (Å²) in [5.41, 5.74) is 0.303. The average Bonchev–Trinajstić information content (AvgIpc) is 3.13. The molecule has 1 fully saturated rings. The summed E-state index contributed by atoms with van der Waals surface area (Å²) in [6.45, 7) is 1.86. The lowest BCUT2D eigenvalue weighted by atomic mass is 9.85. The number of nitrogens with one attached hydrogen (secondary N) is 1. The normalized spacial score (nSPS) is 21.0. The highest BCUT2D eigenvalue weighted by atomic mass is 16.2. The van der Waals surface area contributed by atoms with Gasteiger partial charge in [-0.1, -0.05) is 55.8 Å². The maximum absolute atomic E-state index is 13.3. The number of nitrogens with zero attached hydrogens (tertiary/aromatic N) is 2. The summed E-state index contributed by atoms with van der Waals surface area (Å²) < 4.78 is 0. The molecule has 0 unspecified atom stereocenters. The van der Waals surface area contributed by atoms with Crippen molar-refractivity contribution in [2.75, 3.05) is 13.1 Å². The molecule has 0 radical (unpaired) electrons. The van der Waals surface area contributed by atoms with Crippen molar-refractivity contribution >= 4 is 23.8 Å². The molecule has 0 bridgehead atoms. The first kappa shape index (κ1) is 18.9. The minimum atomic E-state index is -1.12. The van der Waals surface area contributed by atoms with Gasteiger partial charge in [-0.3, -0.25) is 24.2 Å². The van der Waals surface area contributed by atoms with Crippen molar-refractivity contribution in [2.45, 2.75) is 25.3 Å². The fourth-order valence-electron chi connectivity index (χ4n) is 4.08. The van der Waals surface area contributed by atoms with Gasteiger partial charge in [-0.25, -0.2) is 4.79 Å². The highest BCUT2D eigenvalue weighted by molar-refractivity contribution is 6.21. The number of hydrogen-bond donors (Lipinski definition) is 1. The molecule has 5 amide bonds. The van der Waals surface area contributed by atoms with Gasteiger partial charge in [-0.05, 0) is 24.1 Å². The second-order valence-electron chi connectivity index (χ2n) is 7.22. The second-order valence-corrected chi connectivity index (χ2v) is 7.22. The number of imide groups is 2. The number of rotatable bonds is 6.